The summed E-state index contributed by atoms with van der Waals surface area (Å²) in [5.74, 6) is -0.0693. The van der Waals surface area contributed by atoms with Gasteiger partial charge in [0.05, 0.1) is 18.8 Å². The first-order chi connectivity index (χ1) is 19.8. The van der Waals surface area contributed by atoms with Gasteiger partial charge in [-0.05, 0) is 43.9 Å². The van der Waals surface area contributed by atoms with Gasteiger partial charge in [0.15, 0.2) is 28.8 Å². The Bertz CT molecular complexity index is 1510. The molecule has 12 nitrogen and oxygen atoms in total. The highest BCUT2D eigenvalue weighted by Gasteiger charge is 2.40. The summed E-state index contributed by atoms with van der Waals surface area (Å²) >= 11 is 5.92. The van der Waals surface area contributed by atoms with Crippen molar-refractivity contribution in [2.75, 3.05) is 37.8 Å². The topological polar surface area (TPSA) is 163 Å². The summed E-state index contributed by atoms with van der Waals surface area (Å²) in [6.45, 7) is 3.39. The van der Waals surface area contributed by atoms with E-state index in [0.29, 0.717) is 43.8 Å². The highest BCUT2D eigenvalue weighted by molar-refractivity contribution is 6.31. The molecule has 1 spiro atoms. The Kier molecular flexibility index (Phi) is 7.54. The number of nitrogen functional groups attached to an aromatic ring is 2. The van der Waals surface area contributed by atoms with Crippen molar-refractivity contribution in [3.8, 4) is 0 Å². The summed E-state index contributed by atoms with van der Waals surface area (Å²) in [5, 5.41) is 3.66. The third-order valence-corrected chi connectivity index (χ3v) is 8.38. The van der Waals surface area contributed by atoms with Crippen LogP contribution < -0.4 is 16.8 Å². The number of carbonyl (C=O) groups excluding carboxylic acids is 2. The maximum Gasteiger partial charge on any atom is 0.279 e. The van der Waals surface area contributed by atoms with Crippen LogP contribution in [0.25, 0.3) is 10.9 Å². The Labute approximate surface area is 242 Å². The zero-order chi connectivity index (χ0) is 28.6. The lowest BCUT2D eigenvalue weighted by Gasteiger charge is -2.37. The number of halogens is 1. The number of rotatable bonds is 5. The number of hydrogen-bond donors (Lipinski definition) is 3. The molecule has 13 heteroatoms. The van der Waals surface area contributed by atoms with Gasteiger partial charge in [0.1, 0.15) is 5.84 Å². The zero-order valence-corrected chi connectivity index (χ0v) is 23.4. The largest absolute Gasteiger partial charge is 0.382 e. The van der Waals surface area contributed by atoms with Gasteiger partial charge in [0.2, 0.25) is 0 Å². The Morgan fingerprint density at radius 3 is 2.63 bits per heavy atom. The van der Waals surface area contributed by atoms with Crippen LogP contribution in [0, 0.1) is 0 Å². The second-order valence-corrected chi connectivity index (χ2v) is 11.1. The quantitative estimate of drug-likeness (QED) is 0.414. The number of fused-ring (bicyclic) bond motifs is 1. The molecule has 1 aromatic carbocycles. The van der Waals surface area contributed by atoms with Crippen LogP contribution in [0.2, 0.25) is 5.15 Å². The molecule has 0 aliphatic carbocycles. The zero-order valence-electron chi connectivity index (χ0n) is 22.6. The first-order valence-electron chi connectivity index (χ1n) is 13.9. The Balaban J connectivity index is 1.09. The summed E-state index contributed by atoms with van der Waals surface area (Å²) in [6.07, 6.45) is 6.37. The van der Waals surface area contributed by atoms with Crippen LogP contribution in [0.4, 0.5) is 11.6 Å². The van der Waals surface area contributed by atoms with E-state index in [1.165, 1.54) is 0 Å². The van der Waals surface area contributed by atoms with Gasteiger partial charge in [-0.3, -0.25) is 14.6 Å². The predicted octanol–water partition coefficient (Wildman–Crippen LogP) is 3.00. The van der Waals surface area contributed by atoms with Crippen LogP contribution in [0.15, 0.2) is 35.5 Å². The molecule has 5 heterocycles. The molecule has 3 aliphatic heterocycles. The average molecular weight is 581 g/mol. The number of nitrogens with zero attached hydrogens (tertiary/aromatic N) is 5. The lowest BCUT2D eigenvalue weighted by Crippen LogP contribution is -2.45. The number of amidine groups is 1. The monoisotopic (exact) mass is 580 g/mol. The van der Waals surface area contributed by atoms with Crippen molar-refractivity contribution in [1.82, 2.24) is 24.8 Å². The molecule has 5 N–H and O–H groups in total. The number of hydrogen-bond acceptors (Lipinski definition) is 9. The van der Waals surface area contributed by atoms with E-state index in [9.17, 15) is 9.59 Å². The number of piperidine rings is 1. The van der Waals surface area contributed by atoms with E-state index in [-0.39, 0.29) is 40.2 Å². The van der Waals surface area contributed by atoms with E-state index < -0.39 is 5.91 Å². The first kappa shape index (κ1) is 27.4. The molecule has 0 radical (unpaired) electrons. The minimum atomic E-state index is -0.529. The van der Waals surface area contributed by atoms with Gasteiger partial charge in [-0.15, -0.1) is 0 Å². The number of benzene rings is 1. The molecule has 0 saturated carbocycles. The number of ether oxygens (including phenoxy) is 2. The summed E-state index contributed by atoms with van der Waals surface area (Å²) in [7, 11) is 0. The van der Waals surface area contributed by atoms with Crippen LogP contribution in [-0.4, -0.2) is 75.2 Å². The molecule has 0 bridgehead atoms. The Morgan fingerprint density at radius 2 is 1.85 bits per heavy atom. The molecule has 2 saturated heterocycles. The summed E-state index contributed by atoms with van der Waals surface area (Å²) in [5.41, 5.74) is 12.7. The van der Waals surface area contributed by atoms with Crippen LogP contribution >= 0.6 is 11.6 Å². The fourth-order valence-electron chi connectivity index (χ4n) is 5.85. The SMILES string of the molecule is Nc1nc(N)c(C(=O)NC2=NC3(CC2)CCN(C(=O)c2cccc4c2ccn4CCC2OCCCO2)CC3)nc1Cl. The van der Waals surface area contributed by atoms with E-state index in [0.717, 1.165) is 49.9 Å². The maximum atomic E-state index is 13.6. The summed E-state index contributed by atoms with van der Waals surface area (Å²) in [6, 6.07) is 7.89. The molecule has 3 aromatic rings. The van der Waals surface area contributed by atoms with E-state index in [2.05, 4.69) is 19.9 Å². The smallest absolute Gasteiger partial charge is 0.279 e. The fourth-order valence-corrected chi connectivity index (χ4v) is 5.98. The van der Waals surface area contributed by atoms with E-state index in [4.69, 9.17) is 37.5 Å². The second kappa shape index (κ2) is 11.3. The van der Waals surface area contributed by atoms with Gasteiger partial charge in [-0.25, -0.2) is 9.97 Å². The number of anilines is 2. The number of aryl methyl sites for hydroxylation is 1. The van der Waals surface area contributed by atoms with Crippen LogP contribution in [0.5, 0.6) is 0 Å². The lowest BCUT2D eigenvalue weighted by molar-refractivity contribution is -0.182. The molecule has 2 aromatic heterocycles. The van der Waals surface area contributed by atoms with Crippen molar-refractivity contribution >= 4 is 51.8 Å². The average Bonchev–Trinajstić information content (AvgIpc) is 3.58. The molecular weight excluding hydrogens is 548 g/mol. The van der Waals surface area contributed by atoms with Gasteiger partial charge in [0, 0.05) is 55.1 Å². The molecule has 216 valence electrons. The minimum absolute atomic E-state index is 0.0203. The number of amides is 2. The number of nitrogens with one attached hydrogen (secondary N) is 1. The van der Waals surface area contributed by atoms with E-state index >= 15 is 0 Å². The van der Waals surface area contributed by atoms with Crippen molar-refractivity contribution in [2.24, 2.45) is 4.99 Å². The van der Waals surface area contributed by atoms with Crippen LogP contribution in [-0.2, 0) is 16.0 Å². The van der Waals surface area contributed by atoms with Gasteiger partial charge >= 0.3 is 0 Å². The van der Waals surface area contributed by atoms with Crippen LogP contribution in [0.3, 0.4) is 0 Å². The normalized spacial score (nSPS) is 19.0. The molecule has 0 unspecified atom stereocenters. The number of likely N-dealkylation sites (tertiary alicyclic amines) is 1. The molecule has 0 atom stereocenters. The molecule has 2 amide bonds. The maximum absolute atomic E-state index is 13.6. The van der Waals surface area contributed by atoms with Crippen molar-refractivity contribution in [2.45, 2.75) is 56.9 Å². The van der Waals surface area contributed by atoms with E-state index in [1.807, 2.05) is 35.4 Å². The Hall–Kier alpha value is -3.74. The van der Waals surface area contributed by atoms with Crippen molar-refractivity contribution in [3.05, 3.63) is 46.9 Å². The van der Waals surface area contributed by atoms with Crippen LogP contribution in [0.1, 0.15) is 59.4 Å². The number of aromatic nitrogens is 3. The van der Waals surface area contributed by atoms with Gasteiger partial charge in [0.25, 0.3) is 11.8 Å². The lowest BCUT2D eigenvalue weighted by atomic mass is 9.85. The molecule has 41 heavy (non-hydrogen) atoms. The summed E-state index contributed by atoms with van der Waals surface area (Å²) in [4.78, 5) is 41.0. The Morgan fingerprint density at radius 1 is 1.07 bits per heavy atom. The minimum Gasteiger partial charge on any atom is -0.382 e. The van der Waals surface area contributed by atoms with Crippen molar-refractivity contribution in [3.63, 3.8) is 0 Å². The molecular formula is C28H33ClN8O4. The molecule has 3 aliphatic rings. The van der Waals surface area contributed by atoms with Gasteiger partial charge < -0.3 is 35.7 Å². The predicted molar refractivity (Wildman–Crippen MR) is 155 cm³/mol. The third kappa shape index (κ3) is 5.59. The highest BCUT2D eigenvalue weighted by Crippen LogP contribution is 2.36. The van der Waals surface area contributed by atoms with Gasteiger partial charge in [-0.1, -0.05) is 17.7 Å². The summed E-state index contributed by atoms with van der Waals surface area (Å²) < 4.78 is 13.5. The van der Waals surface area contributed by atoms with Gasteiger partial charge in [-0.2, -0.15) is 0 Å². The van der Waals surface area contributed by atoms with Crippen molar-refractivity contribution in [1.29, 1.82) is 0 Å². The molecule has 2 fully saturated rings. The number of aliphatic imine (C=N–C) groups is 1. The highest BCUT2D eigenvalue weighted by atomic mass is 35.5. The number of nitrogens with two attached hydrogens (primary N) is 2. The first-order valence-corrected chi connectivity index (χ1v) is 14.3. The van der Waals surface area contributed by atoms with Crippen molar-refractivity contribution < 1.29 is 19.1 Å². The second-order valence-electron chi connectivity index (χ2n) is 10.7. The number of carbonyl (C=O) groups is 2. The standard InChI is InChI=1S/C28H33ClN8O4/c29-23-25(31)34-24(30)22(33-23)26(38)32-20-5-8-28(35-20)9-13-37(14-10-28)27(39)18-3-1-4-19-17(18)6-11-36(19)12-7-21-40-15-2-16-41-21/h1,3-4,6,11,21H,2,5,7-10,12-16H2,(H4,30,31,34)(H,32,35,38). The van der Waals surface area contributed by atoms with E-state index in [1.54, 1.807) is 0 Å². The third-order valence-electron chi connectivity index (χ3n) is 8.10. The fraction of sp³-hybridized carbons (Fsp3) is 0.464. The molecule has 6 rings (SSSR count).